The van der Waals surface area contributed by atoms with Crippen LogP contribution in [0, 0.1) is 5.92 Å². The van der Waals surface area contributed by atoms with Crippen LogP contribution in [0.5, 0.6) is 0 Å². The van der Waals surface area contributed by atoms with Crippen molar-refractivity contribution in [3.8, 4) is 0 Å². The molecular formula is C21H24N6O2S. The Morgan fingerprint density at radius 1 is 1.20 bits per heavy atom. The Morgan fingerprint density at radius 3 is 2.87 bits per heavy atom. The number of hydrogen-bond acceptors (Lipinski definition) is 6. The molecule has 2 aliphatic rings. The summed E-state index contributed by atoms with van der Waals surface area (Å²) in [7, 11) is 2.00. The number of aromatic nitrogens is 4. The van der Waals surface area contributed by atoms with E-state index in [0.717, 1.165) is 23.4 Å². The van der Waals surface area contributed by atoms with Crippen molar-refractivity contribution in [3.05, 3.63) is 68.8 Å². The number of H-pyrrole nitrogens is 1. The van der Waals surface area contributed by atoms with Gasteiger partial charge in [0.05, 0.1) is 0 Å². The summed E-state index contributed by atoms with van der Waals surface area (Å²) in [6.45, 7) is 3.33. The van der Waals surface area contributed by atoms with Crippen molar-refractivity contribution in [2.75, 3.05) is 20.1 Å². The molecule has 1 fully saturated rings. The molecule has 0 aliphatic carbocycles. The van der Waals surface area contributed by atoms with Crippen LogP contribution < -0.4 is 5.56 Å². The monoisotopic (exact) mass is 424 g/mol. The molecule has 5 rings (SSSR count). The predicted molar refractivity (Wildman–Crippen MR) is 113 cm³/mol. The third kappa shape index (κ3) is 3.59. The van der Waals surface area contributed by atoms with Gasteiger partial charge in [-0.05, 0) is 49.1 Å². The van der Waals surface area contributed by atoms with E-state index in [9.17, 15) is 9.59 Å². The molecule has 2 bridgehead atoms. The van der Waals surface area contributed by atoms with Crippen molar-refractivity contribution >= 4 is 17.4 Å². The molecule has 2 atom stereocenters. The quantitative estimate of drug-likeness (QED) is 0.676. The van der Waals surface area contributed by atoms with E-state index >= 15 is 0 Å². The fourth-order valence-corrected chi connectivity index (χ4v) is 5.33. The van der Waals surface area contributed by atoms with E-state index in [1.54, 1.807) is 18.5 Å². The second-order valence-electron chi connectivity index (χ2n) is 8.34. The summed E-state index contributed by atoms with van der Waals surface area (Å²) in [6, 6.07) is 7.77. The molecule has 5 heterocycles. The van der Waals surface area contributed by atoms with Gasteiger partial charge < -0.3 is 9.47 Å². The number of hydrogen-bond donors (Lipinski definition) is 1. The topological polar surface area (TPSA) is 87.1 Å². The number of piperidine rings is 1. The molecule has 2 aliphatic heterocycles. The van der Waals surface area contributed by atoms with Crippen LogP contribution in [0.15, 0.2) is 41.5 Å². The molecule has 0 saturated carbocycles. The lowest BCUT2D eigenvalue weighted by molar-refractivity contribution is 0.0599. The van der Waals surface area contributed by atoms with Crippen molar-refractivity contribution < 1.29 is 4.79 Å². The standard InChI is InChI=1S/C21H24N6O2S/c1-25(13-17-4-6-22-24-17)11-15-2-3-18-16-8-14(10-27(18)20(15)28)9-26(12-16)21(29)19-5-7-23-30-19/h2-7,14,16H,8-13H2,1H3,(H,22,24)/t14-,16+/m0/s1. The van der Waals surface area contributed by atoms with Gasteiger partial charge in [-0.1, -0.05) is 6.07 Å². The van der Waals surface area contributed by atoms with E-state index < -0.39 is 0 Å². The molecule has 0 spiro atoms. The number of fused-ring (bicyclic) bond motifs is 4. The first-order valence-corrected chi connectivity index (χ1v) is 10.9. The van der Waals surface area contributed by atoms with E-state index in [1.165, 1.54) is 11.5 Å². The highest BCUT2D eigenvalue weighted by Crippen LogP contribution is 2.35. The average Bonchev–Trinajstić information content (AvgIpc) is 3.44. The van der Waals surface area contributed by atoms with Crippen LogP contribution in [0.2, 0.25) is 0 Å². The van der Waals surface area contributed by atoms with Crippen molar-refractivity contribution in [2.24, 2.45) is 5.92 Å². The minimum Gasteiger partial charge on any atom is -0.337 e. The summed E-state index contributed by atoms with van der Waals surface area (Å²) in [5, 5.41) is 6.93. The van der Waals surface area contributed by atoms with Gasteiger partial charge in [0.25, 0.3) is 11.5 Å². The molecule has 9 heteroatoms. The predicted octanol–water partition coefficient (Wildman–Crippen LogP) is 1.92. The highest BCUT2D eigenvalue weighted by atomic mass is 32.1. The van der Waals surface area contributed by atoms with Gasteiger partial charge >= 0.3 is 0 Å². The smallest absolute Gasteiger partial charge is 0.265 e. The number of rotatable bonds is 5. The van der Waals surface area contributed by atoms with Gasteiger partial charge in [-0.25, -0.2) is 4.37 Å². The lowest BCUT2D eigenvalue weighted by Gasteiger charge is -2.42. The van der Waals surface area contributed by atoms with E-state index in [2.05, 4.69) is 25.5 Å². The van der Waals surface area contributed by atoms with E-state index in [-0.39, 0.29) is 17.4 Å². The summed E-state index contributed by atoms with van der Waals surface area (Å²) in [4.78, 5) is 30.7. The number of carbonyl (C=O) groups is 1. The Balaban J connectivity index is 1.34. The van der Waals surface area contributed by atoms with Crippen LogP contribution in [-0.4, -0.2) is 55.0 Å². The van der Waals surface area contributed by atoms with Gasteiger partial charge in [-0.3, -0.25) is 19.6 Å². The summed E-state index contributed by atoms with van der Waals surface area (Å²) < 4.78 is 6.00. The lowest BCUT2D eigenvalue weighted by Crippen LogP contribution is -2.49. The molecule has 0 radical (unpaired) electrons. The second-order valence-corrected chi connectivity index (χ2v) is 9.17. The van der Waals surface area contributed by atoms with E-state index in [1.807, 2.05) is 28.6 Å². The van der Waals surface area contributed by atoms with Gasteiger partial charge in [0.1, 0.15) is 4.88 Å². The van der Waals surface area contributed by atoms with Crippen LogP contribution in [0.1, 0.15) is 39.0 Å². The molecular weight excluding hydrogens is 400 g/mol. The highest BCUT2D eigenvalue weighted by molar-refractivity contribution is 7.08. The molecule has 1 amide bonds. The summed E-state index contributed by atoms with van der Waals surface area (Å²) in [5.41, 5.74) is 2.98. The zero-order valence-corrected chi connectivity index (χ0v) is 17.6. The van der Waals surface area contributed by atoms with Crippen LogP contribution in [0.3, 0.4) is 0 Å². The Morgan fingerprint density at radius 2 is 2.10 bits per heavy atom. The first-order valence-electron chi connectivity index (χ1n) is 10.2. The summed E-state index contributed by atoms with van der Waals surface area (Å²) in [5.74, 6) is 0.572. The molecule has 1 saturated heterocycles. The first-order chi connectivity index (χ1) is 14.6. The van der Waals surface area contributed by atoms with Crippen LogP contribution in [0.25, 0.3) is 0 Å². The number of pyridine rings is 1. The Kier molecular flexibility index (Phi) is 5.00. The SMILES string of the molecule is CN(Cc1ccn[nH]1)Cc1ccc2n(c1=O)C[C@H]1C[C@@H]2CN(C(=O)c2ccns2)C1. The molecule has 3 aromatic heterocycles. The minimum atomic E-state index is 0.0556. The van der Waals surface area contributed by atoms with Crippen LogP contribution in [0.4, 0.5) is 0 Å². The third-order valence-corrected chi connectivity index (χ3v) is 6.79. The molecule has 3 aromatic rings. The number of likely N-dealkylation sites (tertiary alicyclic amines) is 1. The summed E-state index contributed by atoms with van der Waals surface area (Å²) >= 11 is 1.24. The third-order valence-electron chi connectivity index (χ3n) is 6.06. The molecule has 30 heavy (non-hydrogen) atoms. The normalized spacial score (nSPS) is 20.4. The average molecular weight is 425 g/mol. The maximum absolute atomic E-state index is 13.2. The number of nitrogens with one attached hydrogen (secondary N) is 1. The zero-order valence-electron chi connectivity index (χ0n) is 16.8. The zero-order chi connectivity index (χ0) is 20.7. The number of amides is 1. The van der Waals surface area contributed by atoms with E-state index in [0.29, 0.717) is 43.5 Å². The molecule has 156 valence electrons. The highest BCUT2D eigenvalue weighted by Gasteiger charge is 2.37. The van der Waals surface area contributed by atoms with Crippen molar-refractivity contribution in [1.29, 1.82) is 0 Å². The van der Waals surface area contributed by atoms with Crippen LogP contribution >= 0.6 is 11.5 Å². The van der Waals surface area contributed by atoms with E-state index in [4.69, 9.17) is 0 Å². The van der Waals surface area contributed by atoms with Crippen molar-refractivity contribution in [3.63, 3.8) is 0 Å². The fourth-order valence-electron chi connectivity index (χ4n) is 4.77. The van der Waals surface area contributed by atoms with Crippen molar-refractivity contribution in [1.82, 2.24) is 28.9 Å². The number of aromatic amines is 1. The maximum Gasteiger partial charge on any atom is 0.265 e. The Hall–Kier alpha value is -2.78. The van der Waals surface area contributed by atoms with Crippen LogP contribution in [-0.2, 0) is 19.6 Å². The molecule has 8 nitrogen and oxygen atoms in total. The van der Waals surface area contributed by atoms with Gasteiger partial charge in [-0.15, -0.1) is 0 Å². The van der Waals surface area contributed by atoms with Gasteiger partial charge in [-0.2, -0.15) is 5.10 Å². The first kappa shape index (κ1) is 19.2. The number of carbonyl (C=O) groups excluding carboxylic acids is 1. The number of nitrogens with zero attached hydrogens (tertiary/aromatic N) is 5. The lowest BCUT2D eigenvalue weighted by atomic mass is 9.83. The van der Waals surface area contributed by atoms with Gasteiger partial charge in [0.15, 0.2) is 0 Å². The largest absolute Gasteiger partial charge is 0.337 e. The minimum absolute atomic E-state index is 0.0556. The second kappa shape index (κ2) is 7.81. The Bertz CT molecular complexity index is 1090. The van der Waals surface area contributed by atoms with Gasteiger partial charge in [0, 0.05) is 68.0 Å². The maximum atomic E-state index is 13.2. The molecule has 0 unspecified atom stereocenters. The van der Waals surface area contributed by atoms with Gasteiger partial charge in [0.2, 0.25) is 0 Å². The summed E-state index contributed by atoms with van der Waals surface area (Å²) in [6.07, 6.45) is 4.44. The molecule has 0 aromatic carbocycles. The fraction of sp³-hybridized carbons (Fsp3) is 0.429. The Labute approximate surface area is 178 Å². The molecule has 1 N–H and O–H groups in total. The van der Waals surface area contributed by atoms with Crippen molar-refractivity contribution in [2.45, 2.75) is 32.0 Å².